The van der Waals surface area contributed by atoms with E-state index in [0.29, 0.717) is 11.3 Å². The average Bonchev–Trinajstić information content (AvgIpc) is 2.36. The molecule has 0 aromatic carbocycles. The summed E-state index contributed by atoms with van der Waals surface area (Å²) in [6, 6.07) is 0.632. The first-order chi connectivity index (χ1) is 8.08. The number of rotatable bonds is 6. The zero-order valence-corrected chi connectivity index (χ0v) is 13.4. The molecule has 1 saturated heterocycles. The maximum Gasteiger partial charge on any atom is 0.0447 e. The Kier molecular flexibility index (Phi) is 6.70. The summed E-state index contributed by atoms with van der Waals surface area (Å²) in [4.78, 5) is 2.57. The van der Waals surface area contributed by atoms with Gasteiger partial charge in [0.2, 0.25) is 0 Å². The van der Waals surface area contributed by atoms with Gasteiger partial charge in [0.05, 0.1) is 0 Å². The summed E-state index contributed by atoms with van der Waals surface area (Å²) in [6.07, 6.45) is 6.02. The molecule has 1 heterocycles. The molecule has 2 N–H and O–H groups in total. The molecule has 3 unspecified atom stereocenters. The van der Waals surface area contributed by atoms with Crippen LogP contribution in [-0.4, -0.2) is 53.1 Å². The molecule has 0 radical (unpaired) electrons. The Hall–Kier alpha value is 0.620. The Morgan fingerprint density at radius 1 is 1.59 bits per heavy atom. The topological polar surface area (TPSA) is 29.3 Å². The van der Waals surface area contributed by atoms with Crippen LogP contribution in [0.2, 0.25) is 0 Å². The van der Waals surface area contributed by atoms with E-state index in [1.165, 1.54) is 30.8 Å². The van der Waals surface area contributed by atoms with Crippen LogP contribution < -0.4 is 5.73 Å². The lowest BCUT2D eigenvalue weighted by atomic mass is 9.86. The Balaban J connectivity index is 2.69. The van der Waals surface area contributed by atoms with E-state index in [9.17, 15) is 0 Å². The van der Waals surface area contributed by atoms with E-state index in [-0.39, 0.29) is 5.54 Å². The summed E-state index contributed by atoms with van der Waals surface area (Å²) in [5.41, 5.74) is 6.36. The summed E-state index contributed by atoms with van der Waals surface area (Å²) in [7, 11) is 2.28. The molecule has 0 amide bonds. The molecule has 1 rings (SSSR count). The van der Waals surface area contributed by atoms with Crippen LogP contribution in [0.4, 0.5) is 0 Å². The van der Waals surface area contributed by atoms with Crippen molar-refractivity contribution in [1.82, 2.24) is 4.90 Å². The second-order valence-corrected chi connectivity index (χ2v) is 7.60. The first kappa shape index (κ1) is 15.7. The Bertz CT molecular complexity index is 225. The second kappa shape index (κ2) is 7.27. The zero-order chi connectivity index (χ0) is 12.9. The smallest absolute Gasteiger partial charge is 0.0447 e. The third kappa shape index (κ3) is 3.55. The third-order valence-corrected chi connectivity index (χ3v) is 6.44. The van der Waals surface area contributed by atoms with Gasteiger partial charge >= 0.3 is 0 Å². The molecule has 1 fully saturated rings. The molecule has 1 aliphatic heterocycles. The van der Waals surface area contributed by atoms with Crippen molar-refractivity contribution in [3.63, 3.8) is 0 Å². The van der Waals surface area contributed by atoms with Crippen molar-refractivity contribution < 1.29 is 0 Å². The minimum atomic E-state index is 0.223. The van der Waals surface area contributed by atoms with Gasteiger partial charge in [-0.3, -0.25) is 4.90 Å². The van der Waals surface area contributed by atoms with Gasteiger partial charge in [-0.25, -0.2) is 0 Å². The van der Waals surface area contributed by atoms with Crippen LogP contribution in [0, 0.1) is 0 Å². The summed E-state index contributed by atoms with van der Waals surface area (Å²) in [5.74, 6) is 2.55. The zero-order valence-electron chi connectivity index (χ0n) is 11.7. The predicted octanol–water partition coefficient (Wildman–Crippen LogP) is 2.67. The SMILES string of the molecule is CSCCC(C)N(C)C1(CN)CCCSC1C. The highest BCUT2D eigenvalue weighted by molar-refractivity contribution is 8.00. The van der Waals surface area contributed by atoms with Crippen molar-refractivity contribution >= 4 is 23.5 Å². The van der Waals surface area contributed by atoms with Gasteiger partial charge in [0.25, 0.3) is 0 Å². The van der Waals surface area contributed by atoms with Gasteiger partial charge in [0, 0.05) is 23.4 Å². The average molecular weight is 277 g/mol. The van der Waals surface area contributed by atoms with Crippen LogP contribution in [0.1, 0.15) is 33.1 Å². The van der Waals surface area contributed by atoms with E-state index >= 15 is 0 Å². The van der Waals surface area contributed by atoms with Crippen LogP contribution in [0.15, 0.2) is 0 Å². The van der Waals surface area contributed by atoms with Crippen molar-refractivity contribution in [1.29, 1.82) is 0 Å². The van der Waals surface area contributed by atoms with Crippen LogP contribution in [0.25, 0.3) is 0 Å². The van der Waals surface area contributed by atoms with E-state index in [1.807, 2.05) is 11.8 Å². The number of hydrogen-bond acceptors (Lipinski definition) is 4. The molecule has 0 saturated carbocycles. The molecule has 0 aromatic rings. The molecule has 2 nitrogen and oxygen atoms in total. The Morgan fingerprint density at radius 3 is 2.82 bits per heavy atom. The second-order valence-electron chi connectivity index (χ2n) is 5.17. The van der Waals surface area contributed by atoms with E-state index in [1.54, 1.807) is 0 Å². The van der Waals surface area contributed by atoms with Crippen molar-refractivity contribution in [2.45, 2.75) is 49.9 Å². The lowest BCUT2D eigenvalue weighted by Gasteiger charge is -2.50. The number of likely N-dealkylation sites (N-methyl/N-ethyl adjacent to an activating group) is 1. The lowest BCUT2D eigenvalue weighted by molar-refractivity contribution is 0.0720. The fraction of sp³-hybridized carbons (Fsp3) is 1.00. The Labute approximate surface area is 115 Å². The summed E-state index contributed by atoms with van der Waals surface area (Å²) in [6.45, 7) is 5.50. The molecule has 0 spiro atoms. The van der Waals surface area contributed by atoms with Crippen molar-refractivity contribution in [2.24, 2.45) is 5.73 Å². The predicted molar refractivity (Wildman–Crippen MR) is 83.2 cm³/mol. The van der Waals surface area contributed by atoms with Gasteiger partial charge in [-0.15, -0.1) is 0 Å². The van der Waals surface area contributed by atoms with E-state index in [4.69, 9.17) is 5.73 Å². The van der Waals surface area contributed by atoms with Gasteiger partial charge in [0.15, 0.2) is 0 Å². The van der Waals surface area contributed by atoms with Gasteiger partial charge in [-0.2, -0.15) is 23.5 Å². The Morgan fingerprint density at radius 2 is 2.29 bits per heavy atom. The van der Waals surface area contributed by atoms with Crippen molar-refractivity contribution in [3.8, 4) is 0 Å². The summed E-state index contributed by atoms with van der Waals surface area (Å²) in [5, 5.41) is 0.656. The van der Waals surface area contributed by atoms with E-state index in [2.05, 4.69) is 43.8 Å². The van der Waals surface area contributed by atoms with Gasteiger partial charge in [-0.1, -0.05) is 6.92 Å². The maximum atomic E-state index is 6.14. The van der Waals surface area contributed by atoms with Gasteiger partial charge in [0.1, 0.15) is 0 Å². The van der Waals surface area contributed by atoms with Crippen LogP contribution in [0.3, 0.4) is 0 Å². The number of hydrogen-bond donors (Lipinski definition) is 1. The van der Waals surface area contributed by atoms with E-state index in [0.717, 1.165) is 6.54 Å². The first-order valence-electron chi connectivity index (χ1n) is 6.62. The molecule has 0 aliphatic carbocycles. The highest BCUT2D eigenvalue weighted by atomic mass is 32.2. The quantitative estimate of drug-likeness (QED) is 0.808. The molecular formula is C13H28N2S2. The van der Waals surface area contributed by atoms with Crippen LogP contribution >= 0.6 is 23.5 Å². The molecule has 1 aliphatic rings. The van der Waals surface area contributed by atoms with Crippen molar-refractivity contribution in [2.75, 3.05) is 31.4 Å². The molecule has 4 heteroatoms. The third-order valence-electron chi connectivity index (χ3n) is 4.34. The molecule has 3 atom stereocenters. The molecular weight excluding hydrogens is 248 g/mol. The van der Waals surface area contributed by atoms with Crippen LogP contribution in [0.5, 0.6) is 0 Å². The molecule has 102 valence electrons. The number of nitrogens with zero attached hydrogens (tertiary/aromatic N) is 1. The summed E-state index contributed by atoms with van der Waals surface area (Å²) < 4.78 is 0. The normalized spacial score (nSPS) is 31.8. The number of nitrogens with two attached hydrogens (primary N) is 1. The summed E-state index contributed by atoms with van der Waals surface area (Å²) >= 11 is 4.03. The maximum absolute atomic E-state index is 6.14. The first-order valence-corrected chi connectivity index (χ1v) is 9.06. The van der Waals surface area contributed by atoms with Gasteiger partial charge < -0.3 is 5.73 Å². The monoisotopic (exact) mass is 276 g/mol. The highest BCUT2D eigenvalue weighted by Crippen LogP contribution is 2.38. The number of thioether (sulfide) groups is 2. The molecule has 0 aromatic heterocycles. The largest absolute Gasteiger partial charge is 0.329 e. The molecule has 0 bridgehead atoms. The van der Waals surface area contributed by atoms with E-state index < -0.39 is 0 Å². The van der Waals surface area contributed by atoms with Gasteiger partial charge in [-0.05, 0) is 51.0 Å². The fourth-order valence-corrected chi connectivity index (χ4v) is 4.72. The minimum Gasteiger partial charge on any atom is -0.329 e. The van der Waals surface area contributed by atoms with Crippen LogP contribution in [-0.2, 0) is 0 Å². The minimum absolute atomic E-state index is 0.223. The fourth-order valence-electron chi connectivity index (χ4n) is 2.79. The standard InChI is InChI=1S/C13H28N2S2/c1-11(6-9-16-4)15(3)13(10-14)7-5-8-17-12(13)2/h11-12H,5-10,14H2,1-4H3. The molecule has 17 heavy (non-hydrogen) atoms. The highest BCUT2D eigenvalue weighted by Gasteiger charge is 2.42. The van der Waals surface area contributed by atoms with Crippen molar-refractivity contribution in [3.05, 3.63) is 0 Å². The lowest BCUT2D eigenvalue weighted by Crippen LogP contribution is -2.61.